The van der Waals surface area contributed by atoms with Gasteiger partial charge in [0.15, 0.2) is 0 Å². The summed E-state index contributed by atoms with van der Waals surface area (Å²) < 4.78 is 6.60. The third-order valence-electron chi connectivity index (χ3n) is 3.00. The van der Waals surface area contributed by atoms with Crippen molar-refractivity contribution in [3.63, 3.8) is 0 Å². The van der Waals surface area contributed by atoms with Gasteiger partial charge in [0, 0.05) is 6.07 Å². The molecule has 0 radical (unpaired) electrons. The number of rotatable bonds is 2. The van der Waals surface area contributed by atoms with Crippen molar-refractivity contribution in [2.24, 2.45) is 0 Å². The van der Waals surface area contributed by atoms with Crippen molar-refractivity contribution < 1.29 is 9.84 Å². The largest absolute Gasteiger partial charge is 0.508 e. The highest BCUT2D eigenvalue weighted by Gasteiger charge is 2.09. The molecular formula is C14H12N2O3. The van der Waals surface area contributed by atoms with Crippen molar-refractivity contribution in [3.8, 4) is 17.2 Å². The lowest BCUT2D eigenvalue weighted by atomic mass is 10.2. The van der Waals surface area contributed by atoms with Crippen LogP contribution in [-0.2, 0) is 0 Å². The lowest BCUT2D eigenvalue weighted by Gasteiger charge is -2.05. The zero-order valence-electron chi connectivity index (χ0n) is 10.3. The molecule has 0 saturated heterocycles. The minimum Gasteiger partial charge on any atom is -0.508 e. The molecular weight excluding hydrogens is 244 g/mol. The van der Waals surface area contributed by atoms with Gasteiger partial charge in [0.25, 0.3) is 0 Å². The monoisotopic (exact) mass is 256 g/mol. The minimum atomic E-state index is -0.245. The summed E-state index contributed by atoms with van der Waals surface area (Å²) in [6.45, 7) is 0. The number of aromatic nitrogens is 2. The van der Waals surface area contributed by atoms with Gasteiger partial charge in [-0.3, -0.25) is 4.57 Å². The fourth-order valence-corrected chi connectivity index (χ4v) is 2.08. The molecule has 0 aliphatic heterocycles. The summed E-state index contributed by atoms with van der Waals surface area (Å²) in [7, 11) is 1.59. The van der Waals surface area contributed by atoms with Crippen molar-refractivity contribution >= 4 is 11.0 Å². The number of hydrogen-bond acceptors (Lipinski definition) is 3. The van der Waals surface area contributed by atoms with Crippen LogP contribution in [0.25, 0.3) is 16.7 Å². The molecule has 2 aromatic carbocycles. The molecule has 3 rings (SSSR count). The number of aromatic hydroxyl groups is 1. The smallest absolute Gasteiger partial charge is 0.331 e. The number of hydrogen-bond donors (Lipinski definition) is 2. The number of nitrogens with one attached hydrogen (secondary N) is 1. The van der Waals surface area contributed by atoms with Crippen LogP contribution < -0.4 is 10.4 Å². The molecule has 5 nitrogen and oxygen atoms in total. The molecule has 0 fully saturated rings. The topological polar surface area (TPSA) is 67.2 Å². The molecule has 96 valence electrons. The SMILES string of the molecule is COc1ccc(-n2c(=O)[nH]c3ccc(O)cc32)cc1. The number of methoxy groups -OCH3 is 1. The van der Waals surface area contributed by atoms with Crippen LogP contribution in [0.4, 0.5) is 0 Å². The van der Waals surface area contributed by atoms with Crippen LogP contribution >= 0.6 is 0 Å². The van der Waals surface area contributed by atoms with Gasteiger partial charge in [-0.15, -0.1) is 0 Å². The summed E-state index contributed by atoms with van der Waals surface area (Å²) in [5.41, 5.74) is 1.78. The molecule has 0 atom stereocenters. The molecule has 0 saturated carbocycles. The predicted molar refractivity (Wildman–Crippen MR) is 72.1 cm³/mol. The first-order chi connectivity index (χ1) is 9.19. The Morgan fingerprint density at radius 2 is 1.89 bits per heavy atom. The van der Waals surface area contributed by atoms with Gasteiger partial charge in [-0.1, -0.05) is 0 Å². The number of phenolic OH excluding ortho intramolecular Hbond substituents is 1. The van der Waals surface area contributed by atoms with E-state index in [1.54, 1.807) is 43.5 Å². The van der Waals surface area contributed by atoms with Gasteiger partial charge >= 0.3 is 5.69 Å². The van der Waals surface area contributed by atoms with Crippen LogP contribution in [0, 0.1) is 0 Å². The van der Waals surface area contributed by atoms with E-state index in [4.69, 9.17) is 4.74 Å². The Bertz CT molecular complexity index is 785. The van der Waals surface area contributed by atoms with Gasteiger partial charge in [-0.05, 0) is 36.4 Å². The molecule has 2 N–H and O–H groups in total. The molecule has 5 heteroatoms. The highest BCUT2D eigenvalue weighted by atomic mass is 16.5. The lowest BCUT2D eigenvalue weighted by Crippen LogP contribution is -2.14. The van der Waals surface area contributed by atoms with Gasteiger partial charge < -0.3 is 14.8 Å². The van der Waals surface area contributed by atoms with E-state index in [2.05, 4.69) is 4.98 Å². The second-order valence-electron chi connectivity index (χ2n) is 4.17. The van der Waals surface area contributed by atoms with Crippen LogP contribution in [0.3, 0.4) is 0 Å². The third-order valence-corrected chi connectivity index (χ3v) is 3.00. The standard InChI is InChI=1S/C14H12N2O3/c1-19-11-5-2-9(3-6-11)16-13-8-10(17)4-7-12(13)15-14(16)18/h2-8,17H,1H3,(H,15,18). The van der Waals surface area contributed by atoms with E-state index in [-0.39, 0.29) is 11.4 Å². The van der Waals surface area contributed by atoms with Gasteiger partial charge in [-0.25, -0.2) is 4.79 Å². The Labute approximate surface area is 108 Å². The van der Waals surface area contributed by atoms with E-state index < -0.39 is 0 Å². The molecule has 0 aliphatic rings. The third kappa shape index (κ3) is 1.85. The van der Waals surface area contributed by atoms with Crippen LogP contribution in [-0.4, -0.2) is 21.8 Å². The van der Waals surface area contributed by atoms with Crippen LogP contribution in [0.2, 0.25) is 0 Å². The summed E-state index contributed by atoms with van der Waals surface area (Å²) in [6, 6.07) is 11.9. The fraction of sp³-hybridized carbons (Fsp3) is 0.0714. The maximum atomic E-state index is 12.0. The van der Waals surface area contributed by atoms with Crippen LogP contribution in [0.15, 0.2) is 47.3 Å². The maximum Gasteiger partial charge on any atom is 0.331 e. The second-order valence-corrected chi connectivity index (χ2v) is 4.17. The van der Waals surface area contributed by atoms with Gasteiger partial charge in [-0.2, -0.15) is 0 Å². The summed E-state index contributed by atoms with van der Waals surface area (Å²) in [4.78, 5) is 14.7. The van der Waals surface area contributed by atoms with E-state index in [1.165, 1.54) is 10.6 Å². The summed E-state index contributed by atoms with van der Waals surface area (Å²) in [5, 5.41) is 9.54. The predicted octanol–water partition coefficient (Wildman–Crippen LogP) is 2.03. The summed E-state index contributed by atoms with van der Waals surface area (Å²) in [6.07, 6.45) is 0. The fourth-order valence-electron chi connectivity index (χ4n) is 2.08. The van der Waals surface area contributed by atoms with E-state index >= 15 is 0 Å². The number of fused-ring (bicyclic) bond motifs is 1. The molecule has 0 bridgehead atoms. The number of imidazole rings is 1. The van der Waals surface area contributed by atoms with Gasteiger partial charge in [0.2, 0.25) is 0 Å². The molecule has 0 amide bonds. The molecule has 0 aliphatic carbocycles. The van der Waals surface area contributed by atoms with E-state index in [1.807, 2.05) is 0 Å². The molecule has 3 aromatic rings. The number of ether oxygens (including phenoxy) is 1. The average Bonchev–Trinajstić information content (AvgIpc) is 2.74. The Hall–Kier alpha value is -2.69. The number of benzene rings is 2. The van der Waals surface area contributed by atoms with Gasteiger partial charge in [0.1, 0.15) is 11.5 Å². The van der Waals surface area contributed by atoms with Crippen molar-refractivity contribution in [2.45, 2.75) is 0 Å². The summed E-state index contributed by atoms with van der Waals surface area (Å²) >= 11 is 0. The first kappa shape index (κ1) is 11.4. The van der Waals surface area contributed by atoms with E-state index in [0.717, 1.165) is 5.75 Å². The highest BCUT2D eigenvalue weighted by Crippen LogP contribution is 2.21. The Morgan fingerprint density at radius 3 is 2.58 bits per heavy atom. The Balaban J connectivity index is 2.25. The first-order valence-electron chi connectivity index (χ1n) is 5.77. The van der Waals surface area contributed by atoms with Crippen molar-refractivity contribution in [1.29, 1.82) is 0 Å². The van der Waals surface area contributed by atoms with Crippen molar-refractivity contribution in [3.05, 3.63) is 52.9 Å². The zero-order chi connectivity index (χ0) is 13.4. The van der Waals surface area contributed by atoms with E-state index in [0.29, 0.717) is 16.7 Å². The number of aromatic amines is 1. The van der Waals surface area contributed by atoms with Crippen LogP contribution in [0.1, 0.15) is 0 Å². The Kier molecular flexibility index (Phi) is 2.52. The highest BCUT2D eigenvalue weighted by molar-refractivity contribution is 5.78. The van der Waals surface area contributed by atoms with Crippen molar-refractivity contribution in [1.82, 2.24) is 9.55 Å². The average molecular weight is 256 g/mol. The van der Waals surface area contributed by atoms with Gasteiger partial charge in [0.05, 0.1) is 23.8 Å². The van der Waals surface area contributed by atoms with E-state index in [9.17, 15) is 9.90 Å². The normalized spacial score (nSPS) is 10.8. The number of phenols is 1. The van der Waals surface area contributed by atoms with Crippen molar-refractivity contribution in [2.75, 3.05) is 7.11 Å². The van der Waals surface area contributed by atoms with Crippen LogP contribution in [0.5, 0.6) is 11.5 Å². The summed E-state index contributed by atoms with van der Waals surface area (Å²) in [5.74, 6) is 0.841. The molecule has 1 aromatic heterocycles. The molecule has 19 heavy (non-hydrogen) atoms. The molecule has 0 spiro atoms. The minimum absolute atomic E-state index is 0.119. The first-order valence-corrected chi connectivity index (χ1v) is 5.77. The lowest BCUT2D eigenvalue weighted by molar-refractivity contribution is 0.414. The molecule has 0 unspecified atom stereocenters. The second kappa shape index (κ2) is 4.20. The molecule has 1 heterocycles. The number of nitrogens with zero attached hydrogens (tertiary/aromatic N) is 1. The maximum absolute atomic E-state index is 12.0. The quantitative estimate of drug-likeness (QED) is 0.737. The Morgan fingerprint density at radius 1 is 1.16 bits per heavy atom. The zero-order valence-corrected chi connectivity index (χ0v) is 10.3. The number of H-pyrrole nitrogens is 1.